The second-order valence-electron chi connectivity index (χ2n) is 14.6. The highest BCUT2D eigenvalue weighted by Gasteiger charge is 2.46. The van der Waals surface area contributed by atoms with Gasteiger partial charge >= 0.3 is 13.6 Å². The number of allylic oxidation sites excluding steroid dienone is 6. The zero-order valence-corrected chi connectivity index (χ0v) is 34.1. The lowest BCUT2D eigenvalue weighted by Crippen LogP contribution is -2.30. The van der Waals surface area contributed by atoms with Gasteiger partial charge in [-0.2, -0.15) is 13.0 Å². The third-order valence-corrected chi connectivity index (χ3v) is 13.3. The Bertz CT molecular complexity index is 1920. The summed E-state index contributed by atoms with van der Waals surface area (Å²) >= 11 is 0. The molecule has 2 heterocycles. The molecule has 2 aromatic carbocycles. The van der Waals surface area contributed by atoms with Gasteiger partial charge in [0.2, 0.25) is 5.69 Å². The molecule has 0 bridgehead atoms. The largest absolute Gasteiger partial charge is 0.481 e. The molecule has 0 radical (unpaired) electrons. The zero-order chi connectivity index (χ0) is 39.0. The average molecular weight is 770 g/mol. The van der Waals surface area contributed by atoms with Crippen molar-refractivity contribution in [3.63, 3.8) is 0 Å². The Hall–Kier alpha value is -3.34. The summed E-state index contributed by atoms with van der Waals surface area (Å²) in [6.07, 6.45) is 15.1. The van der Waals surface area contributed by atoms with Crippen LogP contribution in [0.1, 0.15) is 103 Å². The van der Waals surface area contributed by atoms with Crippen LogP contribution in [0.5, 0.6) is 0 Å². The first kappa shape index (κ1) is 42.4. The Balaban J connectivity index is 1.74. The van der Waals surface area contributed by atoms with Crippen molar-refractivity contribution in [2.75, 3.05) is 37.4 Å². The van der Waals surface area contributed by atoms with Gasteiger partial charge in [-0.3, -0.25) is 13.9 Å². The summed E-state index contributed by atoms with van der Waals surface area (Å²) in [6, 6.07) is 11.3. The van der Waals surface area contributed by atoms with Crippen LogP contribution in [-0.2, 0) is 39.4 Å². The molecule has 2 N–H and O–H groups in total. The number of hydrogen-bond acceptors (Lipinski definition) is 7. The number of carbonyl (C=O) groups is 1. The van der Waals surface area contributed by atoms with Crippen LogP contribution in [0, 0.1) is 6.92 Å². The van der Waals surface area contributed by atoms with Gasteiger partial charge in [-0.25, -0.2) is 0 Å². The molecule has 53 heavy (non-hydrogen) atoms. The molecule has 290 valence electrons. The second kappa shape index (κ2) is 17.9. The maximum absolute atomic E-state index is 13.7. The Kier molecular flexibility index (Phi) is 14.3. The minimum atomic E-state index is -4.46. The fraction of sp³-hybridized carbons (Fsp3) is 0.512. The Morgan fingerprint density at radius 3 is 2.30 bits per heavy atom. The minimum absolute atomic E-state index is 0.128. The Labute approximate surface area is 316 Å². The predicted molar refractivity (Wildman–Crippen MR) is 213 cm³/mol. The summed E-state index contributed by atoms with van der Waals surface area (Å²) in [7, 11) is -7.89. The second-order valence-corrected chi connectivity index (χ2v) is 18.2. The number of rotatable bonds is 20. The van der Waals surface area contributed by atoms with Gasteiger partial charge in [0.15, 0.2) is 5.71 Å². The summed E-state index contributed by atoms with van der Waals surface area (Å²) < 4.78 is 61.9. The molecule has 2 aromatic rings. The molecule has 1 unspecified atom stereocenters. The van der Waals surface area contributed by atoms with Gasteiger partial charge in [-0.05, 0) is 103 Å². The van der Waals surface area contributed by atoms with Crippen LogP contribution >= 0.6 is 7.60 Å². The van der Waals surface area contributed by atoms with E-state index in [0.29, 0.717) is 19.4 Å². The summed E-state index contributed by atoms with van der Waals surface area (Å²) in [5.41, 5.74) is 6.29. The molecule has 0 aliphatic carbocycles. The van der Waals surface area contributed by atoms with Gasteiger partial charge in [0.05, 0.1) is 29.7 Å². The molecule has 10 nitrogen and oxygen atoms in total. The van der Waals surface area contributed by atoms with Crippen molar-refractivity contribution in [1.29, 1.82) is 0 Å². The van der Waals surface area contributed by atoms with Gasteiger partial charge in [-0.1, -0.05) is 43.2 Å². The number of unbranched alkanes of at least 4 members (excludes halogenated alkanes) is 3. The number of benzene rings is 2. The third-order valence-electron chi connectivity index (χ3n) is 10.3. The van der Waals surface area contributed by atoms with Crippen molar-refractivity contribution < 1.29 is 41.1 Å². The number of carboxylic acids is 1. The van der Waals surface area contributed by atoms with Crippen LogP contribution in [0.3, 0.4) is 0 Å². The van der Waals surface area contributed by atoms with E-state index in [2.05, 4.69) is 61.4 Å². The van der Waals surface area contributed by atoms with E-state index in [-0.39, 0.29) is 36.1 Å². The number of aryl methyl sites for hydroxylation is 1. The minimum Gasteiger partial charge on any atom is -0.481 e. The van der Waals surface area contributed by atoms with E-state index in [1.807, 2.05) is 31.2 Å². The molecule has 12 heteroatoms. The number of fused-ring (bicyclic) bond motifs is 2. The SMILES string of the molecule is CCCCN1\C(=C/C=C/C=C/C2=[N+](CCCCCC(=O)O)c3ccc(C)cc3C2(C)C)C(C)(CCP(=O)(OCC)OCC)c2cc(S(=O)(=O)O)ccc21. The number of carboxylic acid groups (broad SMARTS) is 1. The normalized spacial score (nSPS) is 19.2. The molecule has 1 atom stereocenters. The molecule has 0 amide bonds. The van der Waals surface area contributed by atoms with Crippen LogP contribution in [0.2, 0.25) is 0 Å². The van der Waals surface area contributed by atoms with Crippen molar-refractivity contribution in [2.24, 2.45) is 0 Å². The lowest BCUT2D eigenvalue weighted by atomic mass is 9.79. The van der Waals surface area contributed by atoms with Gasteiger partial charge in [-0.15, -0.1) is 0 Å². The first-order valence-corrected chi connectivity index (χ1v) is 22.0. The van der Waals surface area contributed by atoms with Crippen molar-refractivity contribution in [3.05, 3.63) is 89.2 Å². The zero-order valence-electron chi connectivity index (χ0n) is 32.4. The number of anilines is 1. The fourth-order valence-corrected chi connectivity index (χ4v) is 9.89. The third kappa shape index (κ3) is 9.86. The van der Waals surface area contributed by atoms with E-state index >= 15 is 0 Å². The van der Waals surface area contributed by atoms with E-state index in [0.717, 1.165) is 54.9 Å². The smallest absolute Gasteiger partial charge is 0.330 e. The molecule has 4 rings (SSSR count). The number of hydrogen-bond donors (Lipinski definition) is 2. The van der Waals surface area contributed by atoms with Crippen LogP contribution < -0.4 is 4.90 Å². The van der Waals surface area contributed by atoms with E-state index in [4.69, 9.17) is 14.2 Å². The molecular formula is C41H58N2O8PS+. The van der Waals surface area contributed by atoms with Crippen molar-refractivity contribution in [3.8, 4) is 0 Å². The Morgan fingerprint density at radius 2 is 1.66 bits per heavy atom. The maximum Gasteiger partial charge on any atom is 0.330 e. The van der Waals surface area contributed by atoms with Crippen LogP contribution in [0.15, 0.2) is 77.4 Å². The van der Waals surface area contributed by atoms with Gasteiger partial charge < -0.3 is 19.1 Å². The van der Waals surface area contributed by atoms with E-state index < -0.39 is 29.1 Å². The molecule has 0 fully saturated rings. The van der Waals surface area contributed by atoms with Crippen molar-refractivity contribution in [2.45, 2.75) is 109 Å². The summed E-state index contributed by atoms with van der Waals surface area (Å²) in [5.74, 6) is -0.765. The first-order valence-electron chi connectivity index (χ1n) is 18.8. The topological polar surface area (TPSA) is 133 Å². The highest BCUT2D eigenvalue weighted by atomic mass is 32.2. The number of aliphatic carboxylic acids is 1. The van der Waals surface area contributed by atoms with Crippen LogP contribution in [0.25, 0.3) is 0 Å². The first-order chi connectivity index (χ1) is 25.0. The van der Waals surface area contributed by atoms with E-state index in [9.17, 15) is 22.3 Å². The summed E-state index contributed by atoms with van der Waals surface area (Å²) in [6.45, 7) is 16.2. The highest BCUT2D eigenvalue weighted by molar-refractivity contribution is 7.85. The monoisotopic (exact) mass is 769 g/mol. The van der Waals surface area contributed by atoms with E-state index in [1.54, 1.807) is 19.9 Å². The van der Waals surface area contributed by atoms with Crippen molar-refractivity contribution >= 4 is 40.8 Å². The average Bonchev–Trinajstić information content (AvgIpc) is 3.44. The molecule has 2 aliphatic rings. The lowest BCUT2D eigenvalue weighted by molar-refractivity contribution is -0.438. The van der Waals surface area contributed by atoms with Crippen LogP contribution in [0.4, 0.5) is 11.4 Å². The maximum atomic E-state index is 13.7. The van der Waals surface area contributed by atoms with Crippen LogP contribution in [-0.4, -0.2) is 66.8 Å². The molecular weight excluding hydrogens is 711 g/mol. The Morgan fingerprint density at radius 1 is 0.943 bits per heavy atom. The molecule has 2 aliphatic heterocycles. The molecule has 0 spiro atoms. The molecule has 0 aromatic heterocycles. The van der Waals surface area contributed by atoms with Gasteiger partial charge in [0, 0.05) is 53.9 Å². The van der Waals surface area contributed by atoms with Gasteiger partial charge in [0.1, 0.15) is 6.54 Å². The quantitative estimate of drug-likeness (QED) is 0.0444. The summed E-state index contributed by atoms with van der Waals surface area (Å²) in [5, 5.41) is 9.08. The highest BCUT2D eigenvalue weighted by Crippen LogP contribution is 2.56. The van der Waals surface area contributed by atoms with E-state index in [1.165, 1.54) is 28.9 Å². The molecule has 0 saturated heterocycles. The standard InChI is InChI=1S/C41H57N2O8PS/c1-8-11-26-43-36-24-22-32(53(47,48)49)30-34(36)41(7,25-28-52(46,50-9-2)51-10-3)38(43)19-15-12-14-18-37-40(5,6)33-29-31(4)21-23-35(33)42(37)27-17-13-16-20-39(44)45/h12,14-15,18-19,21-24,29-30H,8-11,13,16-17,20,25-28H2,1-7H3,(H-,44,45,47,48,49)/p+1. The fourth-order valence-electron chi connectivity index (χ4n) is 7.54. The number of nitrogens with zero attached hydrogens (tertiary/aromatic N) is 2. The summed E-state index contributed by atoms with van der Waals surface area (Å²) in [4.78, 5) is 13.1. The predicted octanol–water partition coefficient (Wildman–Crippen LogP) is 9.49. The lowest BCUT2D eigenvalue weighted by Gasteiger charge is -2.31. The van der Waals surface area contributed by atoms with Gasteiger partial charge in [0.25, 0.3) is 10.1 Å². The molecule has 0 saturated carbocycles. The van der Waals surface area contributed by atoms with Crippen molar-refractivity contribution in [1.82, 2.24) is 0 Å².